The highest BCUT2D eigenvalue weighted by atomic mass is 16.5. The van der Waals surface area contributed by atoms with Gasteiger partial charge in [-0.05, 0) is 36.3 Å². The number of pyridine rings is 1. The van der Waals surface area contributed by atoms with Gasteiger partial charge in [-0.15, -0.1) is 0 Å². The minimum Gasteiger partial charge on any atom is -0.462 e. The van der Waals surface area contributed by atoms with Crippen LogP contribution in [0.3, 0.4) is 0 Å². The summed E-state index contributed by atoms with van der Waals surface area (Å²) < 4.78 is 5.98. The van der Waals surface area contributed by atoms with Gasteiger partial charge in [0.1, 0.15) is 11.5 Å². The Morgan fingerprint density at radius 1 is 0.897 bits per heavy atom. The second-order valence-electron chi connectivity index (χ2n) is 6.99. The number of fused-ring (bicyclic) bond motifs is 1. The van der Waals surface area contributed by atoms with Crippen molar-refractivity contribution in [3.63, 3.8) is 0 Å². The molecule has 3 N–H and O–H groups in total. The summed E-state index contributed by atoms with van der Waals surface area (Å²) in [5.41, 5.74) is 11.0. The zero-order valence-electron chi connectivity index (χ0n) is 15.8. The molecule has 142 valence electrons. The van der Waals surface area contributed by atoms with Crippen molar-refractivity contribution in [2.45, 2.75) is 12.8 Å². The monoisotopic (exact) mass is 380 g/mol. The summed E-state index contributed by atoms with van der Waals surface area (Å²) in [6, 6.07) is 22.0. The molecule has 0 bridgehead atoms. The Balaban J connectivity index is 1.55. The highest BCUT2D eigenvalue weighted by molar-refractivity contribution is 5.99. The quantitative estimate of drug-likeness (QED) is 0.500. The number of para-hydroxylation sites is 1. The number of allylic oxidation sites excluding steroid dienone is 4. The summed E-state index contributed by atoms with van der Waals surface area (Å²) in [5.74, 6) is 2.26. The van der Waals surface area contributed by atoms with E-state index in [1.54, 1.807) is 0 Å². The molecule has 5 heteroatoms. The molecule has 2 aromatic heterocycles. The van der Waals surface area contributed by atoms with Crippen LogP contribution in [0.5, 0.6) is 5.75 Å². The van der Waals surface area contributed by atoms with Crippen LogP contribution in [0.25, 0.3) is 27.7 Å². The largest absolute Gasteiger partial charge is 0.462 e. The number of anilines is 1. The third-order valence-electron chi connectivity index (χ3n) is 5.05. The number of nitrogens with two attached hydrogens (primary N) is 1. The van der Waals surface area contributed by atoms with E-state index in [2.05, 4.69) is 28.4 Å². The summed E-state index contributed by atoms with van der Waals surface area (Å²) in [4.78, 5) is 4.96. The molecule has 0 amide bonds. The lowest BCUT2D eigenvalue weighted by Crippen LogP contribution is -2.02. The highest BCUT2D eigenvalue weighted by Crippen LogP contribution is 2.35. The zero-order chi connectivity index (χ0) is 19.6. The van der Waals surface area contributed by atoms with Crippen molar-refractivity contribution in [1.29, 1.82) is 0 Å². The molecule has 5 nitrogen and oxygen atoms in total. The van der Waals surface area contributed by atoms with Crippen molar-refractivity contribution in [3.8, 4) is 17.0 Å². The first-order valence-electron chi connectivity index (χ1n) is 9.61. The number of nitrogens with one attached hydrogen (secondary N) is 1. The number of nitrogens with zero attached hydrogens (tertiary/aromatic N) is 2. The van der Waals surface area contributed by atoms with Crippen LogP contribution in [0.4, 0.5) is 5.82 Å². The molecule has 29 heavy (non-hydrogen) atoms. The topological polar surface area (TPSA) is 76.8 Å². The number of rotatable bonds is 4. The van der Waals surface area contributed by atoms with E-state index < -0.39 is 0 Å². The number of hydrogen-bond donors (Lipinski definition) is 2. The molecule has 0 aliphatic heterocycles. The minimum absolute atomic E-state index is 0.471. The second kappa shape index (κ2) is 7.28. The fourth-order valence-electron chi connectivity index (χ4n) is 3.60. The predicted molar refractivity (Wildman–Crippen MR) is 116 cm³/mol. The van der Waals surface area contributed by atoms with Crippen LogP contribution in [0, 0.1) is 0 Å². The molecular weight excluding hydrogens is 360 g/mol. The average Bonchev–Trinajstić information content (AvgIpc) is 3.16. The maximum absolute atomic E-state index is 6.15. The summed E-state index contributed by atoms with van der Waals surface area (Å²) in [5, 5.41) is 8.11. The number of ether oxygens (including phenoxy) is 1. The van der Waals surface area contributed by atoms with Gasteiger partial charge in [0.25, 0.3) is 0 Å². The highest BCUT2D eigenvalue weighted by Gasteiger charge is 2.18. The molecule has 4 aromatic rings. The summed E-state index contributed by atoms with van der Waals surface area (Å²) >= 11 is 0. The Morgan fingerprint density at radius 2 is 1.66 bits per heavy atom. The zero-order valence-corrected chi connectivity index (χ0v) is 15.8. The van der Waals surface area contributed by atoms with Crippen molar-refractivity contribution < 1.29 is 4.74 Å². The Bertz CT molecular complexity index is 1220. The lowest BCUT2D eigenvalue weighted by atomic mass is 9.97. The molecule has 1 aliphatic carbocycles. The number of hydrogen-bond acceptors (Lipinski definition) is 4. The van der Waals surface area contributed by atoms with Gasteiger partial charge in [0.2, 0.25) is 0 Å². The van der Waals surface area contributed by atoms with Gasteiger partial charge < -0.3 is 10.5 Å². The first kappa shape index (κ1) is 17.3. The summed E-state index contributed by atoms with van der Waals surface area (Å²) in [7, 11) is 0. The van der Waals surface area contributed by atoms with Crippen molar-refractivity contribution in [3.05, 3.63) is 90.3 Å². The maximum Gasteiger partial charge on any atom is 0.155 e. The summed E-state index contributed by atoms with van der Waals surface area (Å²) in [6.07, 6.45) is 5.72. The normalized spacial score (nSPS) is 13.8. The first-order chi connectivity index (χ1) is 14.3. The number of aromatic amines is 1. The smallest absolute Gasteiger partial charge is 0.155 e. The molecule has 0 spiro atoms. The van der Waals surface area contributed by atoms with E-state index in [1.807, 2.05) is 60.7 Å². The van der Waals surface area contributed by atoms with E-state index >= 15 is 0 Å². The van der Waals surface area contributed by atoms with Crippen molar-refractivity contribution in [1.82, 2.24) is 15.2 Å². The van der Waals surface area contributed by atoms with Crippen molar-refractivity contribution in [2.24, 2.45) is 0 Å². The fraction of sp³-hybridized carbons (Fsp3) is 0.0833. The van der Waals surface area contributed by atoms with Crippen LogP contribution in [-0.2, 0) is 0 Å². The molecule has 2 aromatic carbocycles. The first-order valence-corrected chi connectivity index (χ1v) is 9.61. The molecule has 0 saturated carbocycles. The van der Waals surface area contributed by atoms with E-state index in [-0.39, 0.29) is 0 Å². The van der Waals surface area contributed by atoms with Crippen LogP contribution < -0.4 is 10.5 Å². The Kier molecular flexibility index (Phi) is 4.33. The standard InChI is InChI=1S/C24H20N4O/c25-24-22-21(27-28-24)15-20(16-7-3-1-4-8-16)26-23(22)17-11-13-19(14-12-17)29-18-9-5-2-6-10-18/h1-11,13,15H,12,14H2,(H3,25,27,28). The van der Waals surface area contributed by atoms with Crippen LogP contribution in [-0.4, -0.2) is 15.2 Å². The Morgan fingerprint density at radius 3 is 2.38 bits per heavy atom. The Labute approximate surface area is 168 Å². The van der Waals surface area contributed by atoms with Gasteiger partial charge in [0, 0.05) is 12.0 Å². The van der Waals surface area contributed by atoms with Gasteiger partial charge in [0.05, 0.1) is 22.3 Å². The van der Waals surface area contributed by atoms with E-state index in [0.29, 0.717) is 5.82 Å². The van der Waals surface area contributed by atoms with Crippen LogP contribution in [0.15, 0.2) is 84.6 Å². The molecule has 0 radical (unpaired) electrons. The lowest BCUT2D eigenvalue weighted by Gasteiger charge is -2.17. The van der Waals surface area contributed by atoms with E-state index in [4.69, 9.17) is 15.5 Å². The van der Waals surface area contributed by atoms with Crippen molar-refractivity contribution in [2.75, 3.05) is 5.73 Å². The molecule has 0 saturated heterocycles. The van der Waals surface area contributed by atoms with Crippen LogP contribution >= 0.6 is 0 Å². The number of benzene rings is 2. The van der Waals surface area contributed by atoms with E-state index in [1.165, 1.54) is 0 Å². The van der Waals surface area contributed by atoms with Gasteiger partial charge in [-0.25, -0.2) is 4.98 Å². The SMILES string of the molecule is Nc1n[nH]c2cc(-c3ccccc3)nc(C3=CC=C(Oc4ccccc4)CC3)c12. The third-order valence-corrected chi connectivity index (χ3v) is 5.05. The maximum atomic E-state index is 6.15. The molecule has 0 fully saturated rings. The molecule has 0 atom stereocenters. The number of nitrogen functional groups attached to an aromatic ring is 1. The van der Waals surface area contributed by atoms with E-state index in [9.17, 15) is 0 Å². The van der Waals surface area contributed by atoms with Gasteiger partial charge in [-0.2, -0.15) is 5.10 Å². The predicted octanol–water partition coefficient (Wildman–Crippen LogP) is 5.35. The minimum atomic E-state index is 0.471. The van der Waals surface area contributed by atoms with Crippen LogP contribution in [0.2, 0.25) is 0 Å². The Hall–Kier alpha value is -3.86. The third kappa shape index (κ3) is 3.38. The second-order valence-corrected chi connectivity index (χ2v) is 6.99. The van der Waals surface area contributed by atoms with E-state index in [0.717, 1.165) is 57.8 Å². The molecule has 2 heterocycles. The molecule has 1 aliphatic rings. The summed E-state index contributed by atoms with van der Waals surface area (Å²) in [6.45, 7) is 0. The fourth-order valence-corrected chi connectivity index (χ4v) is 3.60. The van der Waals surface area contributed by atoms with Crippen LogP contribution in [0.1, 0.15) is 18.5 Å². The molecule has 5 rings (SSSR count). The number of H-pyrrole nitrogens is 1. The number of aromatic nitrogens is 3. The van der Waals surface area contributed by atoms with Crippen molar-refractivity contribution >= 4 is 22.3 Å². The molecule has 0 unspecified atom stereocenters. The molecular formula is C24H20N4O. The average molecular weight is 380 g/mol. The lowest BCUT2D eigenvalue weighted by molar-refractivity contribution is 0.404. The van der Waals surface area contributed by atoms with Gasteiger partial charge in [-0.1, -0.05) is 54.6 Å². The van der Waals surface area contributed by atoms with Gasteiger partial charge in [0.15, 0.2) is 5.82 Å². The van der Waals surface area contributed by atoms with Gasteiger partial charge in [-0.3, -0.25) is 5.10 Å². The van der Waals surface area contributed by atoms with Gasteiger partial charge >= 0.3 is 0 Å².